The highest BCUT2D eigenvalue weighted by atomic mass is 16.1. The van der Waals surface area contributed by atoms with Crippen LogP contribution in [-0.4, -0.2) is 5.78 Å². The monoisotopic (exact) mass is 114 g/mol. The van der Waals surface area contributed by atoms with Crippen LogP contribution in [0, 0.1) is 0 Å². The maximum absolute atomic E-state index is 10.2. The van der Waals surface area contributed by atoms with Gasteiger partial charge in [-0.25, -0.2) is 0 Å². The summed E-state index contributed by atoms with van der Waals surface area (Å²) in [6, 6.07) is 0. The van der Waals surface area contributed by atoms with Crippen molar-refractivity contribution in [3.63, 3.8) is 0 Å². The lowest BCUT2D eigenvalue weighted by molar-refractivity contribution is -0.116. The Morgan fingerprint density at radius 1 is 1.75 bits per heavy atom. The van der Waals surface area contributed by atoms with Crippen molar-refractivity contribution >= 4 is 5.78 Å². The first kappa shape index (κ1) is 7.01. The molecule has 0 saturated heterocycles. The van der Waals surface area contributed by atoms with E-state index in [0.29, 0.717) is 5.70 Å². The minimum absolute atomic E-state index is 0.0317. The van der Waals surface area contributed by atoms with Crippen LogP contribution in [-0.2, 0) is 4.79 Å². The molecule has 4 N–H and O–H groups in total. The molecule has 0 unspecified atom stereocenters. The van der Waals surface area contributed by atoms with Crippen LogP contribution in [0.5, 0.6) is 0 Å². The zero-order chi connectivity index (χ0) is 6.57. The molecule has 0 bridgehead atoms. The van der Waals surface area contributed by atoms with E-state index < -0.39 is 0 Å². The Bertz CT molecular complexity index is 118. The lowest BCUT2D eigenvalue weighted by Crippen LogP contribution is -2.04. The van der Waals surface area contributed by atoms with Gasteiger partial charge in [0.15, 0.2) is 0 Å². The van der Waals surface area contributed by atoms with Gasteiger partial charge in [-0.15, -0.1) is 0 Å². The Kier molecular flexibility index (Phi) is 2.69. The van der Waals surface area contributed by atoms with E-state index in [-0.39, 0.29) is 12.2 Å². The van der Waals surface area contributed by atoms with E-state index >= 15 is 0 Å². The number of allylic oxidation sites excluding steroid dienone is 1. The third-order valence-corrected chi connectivity index (χ3v) is 0.667. The topological polar surface area (TPSA) is 69.1 Å². The normalized spacial score (nSPS) is 11.4. The molecule has 0 spiro atoms. The largest absolute Gasteiger partial charge is 0.403 e. The van der Waals surface area contributed by atoms with Gasteiger partial charge in [0.1, 0.15) is 5.78 Å². The van der Waals surface area contributed by atoms with E-state index in [2.05, 4.69) is 0 Å². The molecule has 0 aliphatic rings. The minimum atomic E-state index is 0.0317. The first-order chi connectivity index (χ1) is 3.66. The molecule has 0 aromatic heterocycles. The molecular formula is C5H10N2O. The summed E-state index contributed by atoms with van der Waals surface area (Å²) in [5, 5.41) is 0. The lowest BCUT2D eigenvalue weighted by atomic mass is 10.2. The summed E-state index contributed by atoms with van der Waals surface area (Å²) in [4.78, 5) is 10.2. The molecule has 0 atom stereocenters. The van der Waals surface area contributed by atoms with Crippen LogP contribution < -0.4 is 11.5 Å². The quantitative estimate of drug-likeness (QED) is 0.519. The fourth-order valence-corrected chi connectivity index (χ4v) is 0.346. The van der Waals surface area contributed by atoms with Gasteiger partial charge in [0.05, 0.1) is 0 Å². The van der Waals surface area contributed by atoms with Gasteiger partial charge in [-0.1, -0.05) is 0 Å². The molecule has 0 radical (unpaired) electrons. The van der Waals surface area contributed by atoms with Crippen molar-refractivity contribution < 1.29 is 4.79 Å². The molecule has 0 saturated carbocycles. The summed E-state index contributed by atoms with van der Waals surface area (Å²) in [5.41, 5.74) is 10.6. The molecule has 0 aliphatic heterocycles. The van der Waals surface area contributed by atoms with Crippen molar-refractivity contribution in [2.75, 3.05) is 0 Å². The number of hydrogen-bond acceptors (Lipinski definition) is 3. The van der Waals surface area contributed by atoms with E-state index in [1.54, 1.807) is 0 Å². The Morgan fingerprint density at radius 3 is 2.38 bits per heavy atom. The third kappa shape index (κ3) is 3.21. The molecule has 0 rings (SSSR count). The number of carbonyl (C=O) groups is 1. The standard InChI is InChI=1S/C5H10N2O/c1-4(8)2-5(7)3-6/h3H,2,6-7H2,1H3/b5-3-. The van der Waals surface area contributed by atoms with E-state index in [1.807, 2.05) is 0 Å². The maximum Gasteiger partial charge on any atom is 0.135 e. The average molecular weight is 114 g/mol. The van der Waals surface area contributed by atoms with Gasteiger partial charge in [0, 0.05) is 18.3 Å². The van der Waals surface area contributed by atoms with Crippen LogP contribution in [0.3, 0.4) is 0 Å². The summed E-state index contributed by atoms with van der Waals surface area (Å²) in [6.07, 6.45) is 1.50. The van der Waals surface area contributed by atoms with Crippen LogP contribution >= 0.6 is 0 Å². The van der Waals surface area contributed by atoms with Gasteiger partial charge in [-0.3, -0.25) is 4.79 Å². The van der Waals surface area contributed by atoms with Crippen LogP contribution in [0.4, 0.5) is 0 Å². The highest BCUT2D eigenvalue weighted by Crippen LogP contribution is 1.88. The molecule has 0 amide bonds. The van der Waals surface area contributed by atoms with Gasteiger partial charge in [-0.2, -0.15) is 0 Å². The first-order valence-electron chi connectivity index (χ1n) is 2.32. The summed E-state index contributed by atoms with van der Waals surface area (Å²) in [6.45, 7) is 1.47. The molecule has 0 aliphatic carbocycles. The molecule has 0 heterocycles. The highest BCUT2D eigenvalue weighted by molar-refractivity contribution is 5.77. The van der Waals surface area contributed by atoms with Crippen LogP contribution in [0.2, 0.25) is 0 Å². The zero-order valence-corrected chi connectivity index (χ0v) is 4.85. The number of nitrogens with two attached hydrogens (primary N) is 2. The molecule has 0 fully saturated rings. The Hall–Kier alpha value is -0.990. The van der Waals surface area contributed by atoms with Crippen molar-refractivity contribution in [3.8, 4) is 0 Å². The number of Topliss-reactive ketones (excluding diaryl/α,β-unsaturated/α-hetero) is 1. The van der Waals surface area contributed by atoms with Gasteiger partial charge in [0.2, 0.25) is 0 Å². The van der Waals surface area contributed by atoms with Crippen LogP contribution in [0.15, 0.2) is 11.9 Å². The van der Waals surface area contributed by atoms with Crippen molar-refractivity contribution in [2.45, 2.75) is 13.3 Å². The van der Waals surface area contributed by atoms with Crippen molar-refractivity contribution in [2.24, 2.45) is 11.5 Å². The predicted molar refractivity (Wildman–Crippen MR) is 31.8 cm³/mol. The second kappa shape index (κ2) is 3.07. The molecular weight excluding hydrogens is 104 g/mol. The van der Waals surface area contributed by atoms with Crippen molar-refractivity contribution in [1.82, 2.24) is 0 Å². The smallest absolute Gasteiger partial charge is 0.135 e. The molecule has 0 aromatic rings. The Morgan fingerprint density at radius 2 is 2.25 bits per heavy atom. The Labute approximate surface area is 48.4 Å². The molecule has 46 valence electrons. The van der Waals surface area contributed by atoms with Crippen LogP contribution in [0.1, 0.15) is 13.3 Å². The predicted octanol–water partition coefficient (Wildman–Crippen LogP) is -0.276. The molecule has 3 nitrogen and oxygen atoms in total. The summed E-state index contributed by atoms with van der Waals surface area (Å²) >= 11 is 0. The number of ketones is 1. The van der Waals surface area contributed by atoms with Crippen molar-refractivity contribution in [3.05, 3.63) is 11.9 Å². The third-order valence-electron chi connectivity index (χ3n) is 0.667. The van der Waals surface area contributed by atoms with E-state index in [0.717, 1.165) is 0 Å². The van der Waals surface area contributed by atoms with Gasteiger partial charge in [0.25, 0.3) is 0 Å². The summed E-state index contributed by atoms with van der Waals surface area (Å²) in [7, 11) is 0. The molecule has 8 heavy (non-hydrogen) atoms. The lowest BCUT2D eigenvalue weighted by Gasteiger charge is -1.91. The van der Waals surface area contributed by atoms with E-state index in [9.17, 15) is 4.79 Å². The minimum Gasteiger partial charge on any atom is -0.403 e. The van der Waals surface area contributed by atoms with Crippen molar-refractivity contribution in [1.29, 1.82) is 0 Å². The summed E-state index contributed by atoms with van der Waals surface area (Å²) < 4.78 is 0. The number of rotatable bonds is 2. The SMILES string of the molecule is CC(=O)C/C(N)=C/N. The highest BCUT2D eigenvalue weighted by Gasteiger charge is 1.92. The van der Waals surface area contributed by atoms with Gasteiger partial charge >= 0.3 is 0 Å². The van der Waals surface area contributed by atoms with Gasteiger partial charge < -0.3 is 11.5 Å². The van der Waals surface area contributed by atoms with Crippen LogP contribution in [0.25, 0.3) is 0 Å². The van der Waals surface area contributed by atoms with Gasteiger partial charge in [-0.05, 0) is 6.92 Å². The average Bonchev–Trinajstić information content (AvgIpc) is 1.65. The van der Waals surface area contributed by atoms with E-state index in [1.165, 1.54) is 13.1 Å². The second-order valence-corrected chi connectivity index (χ2v) is 1.62. The Balaban J connectivity index is 3.56. The number of hydrogen-bond donors (Lipinski definition) is 2. The van der Waals surface area contributed by atoms with E-state index in [4.69, 9.17) is 11.5 Å². The maximum atomic E-state index is 10.2. The number of carbonyl (C=O) groups excluding carboxylic acids is 1. The summed E-state index contributed by atoms with van der Waals surface area (Å²) in [5.74, 6) is 0.0317. The fraction of sp³-hybridized carbons (Fsp3) is 0.400. The second-order valence-electron chi connectivity index (χ2n) is 1.62. The first-order valence-corrected chi connectivity index (χ1v) is 2.32. The molecule has 3 heteroatoms. The zero-order valence-electron chi connectivity index (χ0n) is 4.85. The fourth-order valence-electron chi connectivity index (χ4n) is 0.346. The molecule has 0 aromatic carbocycles.